The Balaban J connectivity index is 1.26. The Kier molecular flexibility index (Phi) is 7.08. The third-order valence-corrected chi connectivity index (χ3v) is 6.56. The quantitative estimate of drug-likeness (QED) is 0.713. The highest BCUT2D eigenvalue weighted by Gasteiger charge is 2.28. The van der Waals surface area contributed by atoms with Gasteiger partial charge in [0, 0.05) is 51.0 Å². The number of piperidine rings is 1. The van der Waals surface area contributed by atoms with Crippen LogP contribution in [0.4, 0.5) is 5.69 Å². The standard InChI is InChI=1S/C26H35N3O/c1-22-7-3-4-10-26(22)29-19-17-28(18-20-29)24-9-6-16-27(21-24)15-5-8-23-11-13-25(30-2)14-12-23/h3-5,7-8,10-14,24H,6,9,15-21H2,1-2H3/b8-5+. The molecular formula is C26H35N3O. The van der Waals surface area contributed by atoms with Crippen molar-refractivity contribution in [2.45, 2.75) is 25.8 Å². The van der Waals surface area contributed by atoms with E-state index in [2.05, 4.69) is 70.2 Å². The molecule has 0 N–H and O–H groups in total. The van der Waals surface area contributed by atoms with Gasteiger partial charge >= 0.3 is 0 Å². The van der Waals surface area contributed by atoms with Gasteiger partial charge < -0.3 is 9.64 Å². The molecule has 4 heteroatoms. The summed E-state index contributed by atoms with van der Waals surface area (Å²) in [5.74, 6) is 0.911. The Morgan fingerprint density at radius 2 is 1.73 bits per heavy atom. The lowest BCUT2D eigenvalue weighted by Gasteiger charge is -2.44. The minimum absolute atomic E-state index is 0.701. The topological polar surface area (TPSA) is 19.0 Å². The SMILES string of the molecule is COc1ccc(/C=C/CN2CCCC(N3CCN(c4ccccc4C)CC3)C2)cc1. The van der Waals surface area contributed by atoms with Crippen molar-refractivity contribution in [1.82, 2.24) is 9.80 Å². The average molecular weight is 406 g/mol. The van der Waals surface area contributed by atoms with E-state index in [0.29, 0.717) is 6.04 Å². The first-order valence-corrected chi connectivity index (χ1v) is 11.3. The largest absolute Gasteiger partial charge is 0.497 e. The molecule has 0 amide bonds. The van der Waals surface area contributed by atoms with Gasteiger partial charge in [-0.05, 0) is 55.6 Å². The van der Waals surface area contributed by atoms with E-state index in [1.807, 2.05) is 12.1 Å². The summed E-state index contributed by atoms with van der Waals surface area (Å²) in [6.07, 6.45) is 7.17. The fourth-order valence-electron chi connectivity index (χ4n) is 4.79. The molecule has 2 heterocycles. The van der Waals surface area contributed by atoms with Crippen LogP contribution in [0.5, 0.6) is 5.75 Å². The van der Waals surface area contributed by atoms with Crippen molar-refractivity contribution < 1.29 is 4.74 Å². The molecule has 0 radical (unpaired) electrons. The first-order valence-electron chi connectivity index (χ1n) is 11.3. The third kappa shape index (κ3) is 5.24. The van der Waals surface area contributed by atoms with E-state index in [9.17, 15) is 0 Å². The van der Waals surface area contributed by atoms with Crippen LogP contribution < -0.4 is 9.64 Å². The Labute approximate surface area is 181 Å². The van der Waals surface area contributed by atoms with Crippen LogP contribution in [-0.2, 0) is 0 Å². The summed E-state index contributed by atoms with van der Waals surface area (Å²) in [5.41, 5.74) is 4.03. The molecule has 0 bridgehead atoms. The third-order valence-electron chi connectivity index (χ3n) is 6.56. The summed E-state index contributed by atoms with van der Waals surface area (Å²) in [6, 6.07) is 17.8. The number of nitrogens with zero attached hydrogens (tertiary/aromatic N) is 3. The minimum Gasteiger partial charge on any atom is -0.497 e. The van der Waals surface area contributed by atoms with Gasteiger partial charge in [0.1, 0.15) is 5.75 Å². The molecule has 2 aromatic rings. The Morgan fingerprint density at radius 1 is 0.967 bits per heavy atom. The van der Waals surface area contributed by atoms with Crippen molar-refractivity contribution >= 4 is 11.8 Å². The molecular weight excluding hydrogens is 370 g/mol. The smallest absolute Gasteiger partial charge is 0.118 e. The Bertz CT molecular complexity index is 824. The molecule has 0 aromatic heterocycles. The molecule has 30 heavy (non-hydrogen) atoms. The van der Waals surface area contributed by atoms with Gasteiger partial charge in [-0.2, -0.15) is 0 Å². The fraction of sp³-hybridized carbons (Fsp3) is 0.462. The van der Waals surface area contributed by atoms with Crippen LogP contribution in [0, 0.1) is 6.92 Å². The van der Waals surface area contributed by atoms with Crippen molar-refractivity contribution in [3.8, 4) is 5.75 Å². The Morgan fingerprint density at radius 3 is 2.47 bits per heavy atom. The predicted molar refractivity (Wildman–Crippen MR) is 126 cm³/mol. The van der Waals surface area contributed by atoms with Crippen LogP contribution in [0.3, 0.4) is 0 Å². The highest BCUT2D eigenvalue weighted by atomic mass is 16.5. The summed E-state index contributed by atoms with van der Waals surface area (Å²) in [7, 11) is 1.71. The zero-order valence-electron chi connectivity index (χ0n) is 18.5. The summed E-state index contributed by atoms with van der Waals surface area (Å²) < 4.78 is 5.24. The molecule has 2 saturated heterocycles. The number of para-hydroxylation sites is 1. The zero-order valence-corrected chi connectivity index (χ0v) is 18.5. The van der Waals surface area contributed by atoms with E-state index >= 15 is 0 Å². The summed E-state index contributed by atoms with van der Waals surface area (Å²) in [5, 5.41) is 0. The normalized spacial score (nSPS) is 21.3. The maximum Gasteiger partial charge on any atom is 0.118 e. The molecule has 2 fully saturated rings. The molecule has 4 rings (SSSR count). The molecule has 0 saturated carbocycles. The van der Waals surface area contributed by atoms with Crippen molar-refractivity contribution in [1.29, 1.82) is 0 Å². The summed E-state index contributed by atoms with van der Waals surface area (Å²) in [4.78, 5) is 7.90. The van der Waals surface area contributed by atoms with Crippen LogP contribution in [0.1, 0.15) is 24.0 Å². The molecule has 160 valence electrons. The first-order chi connectivity index (χ1) is 14.7. The lowest BCUT2D eigenvalue weighted by Crippen LogP contribution is -2.55. The highest BCUT2D eigenvalue weighted by Crippen LogP contribution is 2.23. The molecule has 1 atom stereocenters. The van der Waals surface area contributed by atoms with Gasteiger partial charge in [0.2, 0.25) is 0 Å². The molecule has 0 spiro atoms. The number of hydrogen-bond acceptors (Lipinski definition) is 4. The molecule has 2 aliphatic heterocycles. The number of aryl methyl sites for hydroxylation is 1. The molecule has 0 aliphatic carbocycles. The summed E-state index contributed by atoms with van der Waals surface area (Å²) >= 11 is 0. The molecule has 4 nitrogen and oxygen atoms in total. The average Bonchev–Trinajstić information content (AvgIpc) is 2.80. The second kappa shape index (κ2) is 10.1. The number of rotatable bonds is 6. The zero-order chi connectivity index (χ0) is 20.8. The number of methoxy groups -OCH3 is 1. The van der Waals surface area contributed by atoms with Gasteiger partial charge in [-0.15, -0.1) is 0 Å². The lowest BCUT2D eigenvalue weighted by atomic mass is 10.0. The van der Waals surface area contributed by atoms with E-state index in [0.717, 1.165) is 25.4 Å². The number of anilines is 1. The second-order valence-corrected chi connectivity index (χ2v) is 8.54. The predicted octanol–water partition coefficient (Wildman–Crippen LogP) is 4.30. The summed E-state index contributed by atoms with van der Waals surface area (Å²) in [6.45, 7) is 10.3. The van der Waals surface area contributed by atoms with Gasteiger partial charge in [0.15, 0.2) is 0 Å². The Hall–Kier alpha value is -2.30. The van der Waals surface area contributed by atoms with Crippen LogP contribution in [-0.4, -0.2) is 68.8 Å². The molecule has 2 aliphatic rings. The number of likely N-dealkylation sites (tertiary alicyclic amines) is 1. The highest BCUT2D eigenvalue weighted by molar-refractivity contribution is 5.53. The van der Waals surface area contributed by atoms with Crippen molar-refractivity contribution in [3.05, 3.63) is 65.7 Å². The lowest BCUT2D eigenvalue weighted by molar-refractivity contribution is 0.0991. The van der Waals surface area contributed by atoms with E-state index in [1.165, 1.54) is 55.8 Å². The van der Waals surface area contributed by atoms with E-state index in [-0.39, 0.29) is 0 Å². The maximum absolute atomic E-state index is 5.24. The number of piperazine rings is 1. The monoisotopic (exact) mass is 405 g/mol. The van der Waals surface area contributed by atoms with E-state index in [1.54, 1.807) is 7.11 Å². The van der Waals surface area contributed by atoms with Crippen LogP contribution in [0.2, 0.25) is 0 Å². The first kappa shape index (κ1) is 21.0. The van der Waals surface area contributed by atoms with Gasteiger partial charge in [-0.1, -0.05) is 42.5 Å². The van der Waals surface area contributed by atoms with Crippen molar-refractivity contribution in [2.24, 2.45) is 0 Å². The van der Waals surface area contributed by atoms with Gasteiger partial charge in [-0.25, -0.2) is 0 Å². The number of benzene rings is 2. The fourth-order valence-corrected chi connectivity index (χ4v) is 4.79. The molecule has 2 aromatic carbocycles. The van der Waals surface area contributed by atoms with E-state index in [4.69, 9.17) is 4.74 Å². The van der Waals surface area contributed by atoms with Gasteiger partial charge in [0.25, 0.3) is 0 Å². The van der Waals surface area contributed by atoms with Gasteiger partial charge in [0.05, 0.1) is 7.11 Å². The maximum atomic E-state index is 5.24. The van der Waals surface area contributed by atoms with Crippen LogP contribution >= 0.6 is 0 Å². The van der Waals surface area contributed by atoms with Crippen molar-refractivity contribution in [2.75, 3.05) is 57.8 Å². The number of hydrogen-bond donors (Lipinski definition) is 0. The minimum atomic E-state index is 0.701. The van der Waals surface area contributed by atoms with Gasteiger partial charge in [-0.3, -0.25) is 9.80 Å². The second-order valence-electron chi connectivity index (χ2n) is 8.54. The van der Waals surface area contributed by atoms with E-state index < -0.39 is 0 Å². The van der Waals surface area contributed by atoms with Crippen LogP contribution in [0.15, 0.2) is 54.6 Å². The van der Waals surface area contributed by atoms with Crippen LogP contribution in [0.25, 0.3) is 6.08 Å². The number of ether oxygens (including phenoxy) is 1. The van der Waals surface area contributed by atoms with Crippen molar-refractivity contribution in [3.63, 3.8) is 0 Å². The molecule has 1 unspecified atom stereocenters.